The highest BCUT2D eigenvalue weighted by Gasteiger charge is 2.34. The topological polar surface area (TPSA) is 110 Å². The molecule has 3 aromatic rings. The number of aromatic nitrogens is 2. The molecular weight excluding hydrogens is 489 g/mol. The summed E-state index contributed by atoms with van der Waals surface area (Å²) < 4.78 is 12.1. The molecular formula is C25H27Cl2N5O3. The maximum Gasteiger partial charge on any atom is 0.147 e. The van der Waals surface area contributed by atoms with Gasteiger partial charge in [0, 0.05) is 30.1 Å². The van der Waals surface area contributed by atoms with Crippen LogP contribution in [0.3, 0.4) is 0 Å². The quantitative estimate of drug-likeness (QED) is 0.328. The van der Waals surface area contributed by atoms with Crippen LogP contribution in [-0.4, -0.2) is 47.0 Å². The Morgan fingerprint density at radius 2 is 1.89 bits per heavy atom. The number of hydrogen-bond donors (Lipinski definition) is 2. The molecule has 1 aliphatic heterocycles. The van der Waals surface area contributed by atoms with Crippen molar-refractivity contribution in [3.63, 3.8) is 0 Å². The second kappa shape index (κ2) is 10.5. The first-order valence-electron chi connectivity index (χ1n) is 11.7. The number of pyridine rings is 1. The fourth-order valence-corrected chi connectivity index (χ4v) is 4.99. The summed E-state index contributed by atoms with van der Waals surface area (Å²) in [5.41, 5.74) is 9.69. The molecule has 0 atom stereocenters. The van der Waals surface area contributed by atoms with E-state index < -0.39 is 0 Å². The number of piperidine rings is 1. The Balaban J connectivity index is 1.23. The highest BCUT2D eigenvalue weighted by Crippen LogP contribution is 2.46. The molecule has 3 heterocycles. The van der Waals surface area contributed by atoms with E-state index in [2.05, 4.69) is 20.0 Å². The molecule has 5 rings (SSSR count). The minimum atomic E-state index is -0.354. The average molecular weight is 516 g/mol. The van der Waals surface area contributed by atoms with E-state index in [0.29, 0.717) is 39.5 Å². The van der Waals surface area contributed by atoms with Crippen LogP contribution in [0.4, 0.5) is 5.69 Å². The Morgan fingerprint density at radius 1 is 1.14 bits per heavy atom. The van der Waals surface area contributed by atoms with E-state index in [1.165, 1.54) is 0 Å². The number of hydrogen-bond acceptors (Lipinski definition) is 7. The Hall–Kier alpha value is -2.65. The number of aliphatic hydroxyl groups excluding tert-OH is 1. The number of anilines is 1. The van der Waals surface area contributed by atoms with Gasteiger partial charge in [-0.1, -0.05) is 34.4 Å². The largest absolute Gasteiger partial charge is 0.382 e. The molecule has 10 heteroatoms. The molecule has 0 spiro atoms. The fourth-order valence-electron chi connectivity index (χ4n) is 4.41. The smallest absolute Gasteiger partial charge is 0.147 e. The lowest BCUT2D eigenvalue weighted by molar-refractivity contribution is 0.0246. The Morgan fingerprint density at radius 3 is 2.51 bits per heavy atom. The van der Waals surface area contributed by atoms with E-state index in [-0.39, 0.29) is 18.7 Å². The minimum Gasteiger partial charge on any atom is -0.382 e. The maximum absolute atomic E-state index is 8.89. The summed E-state index contributed by atoms with van der Waals surface area (Å²) in [6.45, 7) is 1.77. The van der Waals surface area contributed by atoms with Gasteiger partial charge in [-0.3, -0.25) is 4.98 Å². The third-order valence-electron chi connectivity index (χ3n) is 6.49. The molecule has 8 nitrogen and oxygen atoms in total. The van der Waals surface area contributed by atoms with E-state index in [0.717, 1.165) is 55.8 Å². The summed E-state index contributed by atoms with van der Waals surface area (Å²) in [6, 6.07) is 9.23. The van der Waals surface area contributed by atoms with Gasteiger partial charge in [0.15, 0.2) is 0 Å². The monoisotopic (exact) mass is 515 g/mol. The van der Waals surface area contributed by atoms with Gasteiger partial charge in [-0.15, -0.1) is 0 Å². The van der Waals surface area contributed by atoms with E-state index in [1.54, 1.807) is 6.20 Å². The second-order valence-electron chi connectivity index (χ2n) is 8.83. The average Bonchev–Trinajstić information content (AvgIpc) is 3.63. The first-order valence-corrected chi connectivity index (χ1v) is 12.5. The first kappa shape index (κ1) is 24.1. The van der Waals surface area contributed by atoms with Crippen molar-refractivity contribution in [1.29, 1.82) is 0 Å². The molecule has 2 aliphatic rings. The third kappa shape index (κ3) is 5.30. The molecule has 0 unspecified atom stereocenters. The highest BCUT2D eigenvalue weighted by molar-refractivity contribution is 6.39. The van der Waals surface area contributed by atoms with Gasteiger partial charge in [-0.05, 0) is 49.9 Å². The molecule has 0 radical (unpaired) electrons. The lowest BCUT2D eigenvalue weighted by Gasteiger charge is -2.33. The summed E-state index contributed by atoms with van der Waals surface area (Å²) >= 11 is 12.9. The van der Waals surface area contributed by atoms with Crippen LogP contribution in [0, 0.1) is 0 Å². The standard InChI is InChI=1S/C25H27Cl2N5O3/c26-19-2-1-3-20(27)22(19)23-18(24(35-31-23)15-4-5-15)13-34-17-8-10-32(11-9-17)16-6-7-21(29-12-16)25(28)30-14-33/h1-3,6-7,12,15,17,33H,4-5,8-11,13-14H2,(H2,28,30). The number of rotatable bonds is 8. The maximum atomic E-state index is 8.89. The van der Waals surface area contributed by atoms with Crippen molar-refractivity contribution in [2.45, 2.75) is 44.3 Å². The summed E-state index contributed by atoms with van der Waals surface area (Å²) in [7, 11) is 0. The Bertz CT molecular complexity index is 1180. The minimum absolute atomic E-state index is 0.127. The predicted octanol–water partition coefficient (Wildman–Crippen LogP) is 4.76. The Labute approximate surface area is 213 Å². The summed E-state index contributed by atoms with van der Waals surface area (Å²) in [6.07, 6.45) is 5.89. The normalized spacial score (nSPS) is 17.2. The molecule has 0 bridgehead atoms. The van der Waals surface area contributed by atoms with Crippen molar-refractivity contribution < 1.29 is 14.4 Å². The molecule has 2 fully saturated rings. The van der Waals surface area contributed by atoms with Gasteiger partial charge in [0.1, 0.15) is 29.7 Å². The number of benzene rings is 1. The number of amidine groups is 1. The number of aliphatic imine (C=N–C) groups is 1. The Kier molecular flexibility index (Phi) is 7.24. The second-order valence-corrected chi connectivity index (χ2v) is 9.64. The van der Waals surface area contributed by atoms with E-state index in [4.69, 9.17) is 43.3 Å². The highest BCUT2D eigenvalue weighted by atomic mass is 35.5. The molecule has 1 aromatic carbocycles. The van der Waals surface area contributed by atoms with Crippen molar-refractivity contribution in [3.8, 4) is 11.3 Å². The predicted molar refractivity (Wildman–Crippen MR) is 136 cm³/mol. The number of halogens is 2. The summed E-state index contributed by atoms with van der Waals surface area (Å²) in [4.78, 5) is 10.4. The number of aliphatic hydroxyl groups is 1. The van der Waals surface area contributed by atoms with Crippen molar-refractivity contribution in [1.82, 2.24) is 10.1 Å². The summed E-state index contributed by atoms with van der Waals surface area (Å²) in [5.74, 6) is 1.51. The molecule has 1 aliphatic carbocycles. The number of nitrogens with two attached hydrogens (primary N) is 1. The fraction of sp³-hybridized carbons (Fsp3) is 0.400. The van der Waals surface area contributed by atoms with Crippen LogP contribution in [0.15, 0.2) is 46.0 Å². The van der Waals surface area contributed by atoms with Crippen LogP contribution in [-0.2, 0) is 11.3 Å². The van der Waals surface area contributed by atoms with Crippen LogP contribution in [0.2, 0.25) is 10.0 Å². The molecule has 184 valence electrons. The molecule has 0 amide bonds. The number of nitrogens with zero attached hydrogens (tertiary/aromatic N) is 4. The zero-order valence-corrected chi connectivity index (χ0v) is 20.7. The van der Waals surface area contributed by atoms with Gasteiger partial charge in [0.25, 0.3) is 0 Å². The lowest BCUT2D eigenvalue weighted by Crippen LogP contribution is -2.37. The van der Waals surface area contributed by atoms with Crippen molar-refractivity contribution in [2.75, 3.05) is 24.7 Å². The van der Waals surface area contributed by atoms with Crippen molar-refractivity contribution in [3.05, 3.63) is 63.6 Å². The van der Waals surface area contributed by atoms with Crippen LogP contribution in [0.1, 0.15) is 48.6 Å². The van der Waals surface area contributed by atoms with Gasteiger partial charge in [0.05, 0.1) is 34.6 Å². The molecule has 35 heavy (non-hydrogen) atoms. The molecule has 1 saturated heterocycles. The van der Waals surface area contributed by atoms with Crippen molar-refractivity contribution in [2.24, 2.45) is 10.7 Å². The van der Waals surface area contributed by atoms with Gasteiger partial charge in [0.2, 0.25) is 0 Å². The third-order valence-corrected chi connectivity index (χ3v) is 7.12. The lowest BCUT2D eigenvalue weighted by atomic mass is 10.0. The van der Waals surface area contributed by atoms with Crippen LogP contribution >= 0.6 is 23.2 Å². The van der Waals surface area contributed by atoms with Crippen LogP contribution < -0.4 is 10.6 Å². The zero-order valence-electron chi connectivity index (χ0n) is 19.2. The van der Waals surface area contributed by atoms with Crippen LogP contribution in [0.25, 0.3) is 11.3 Å². The SMILES string of the molecule is N/C(=N\CO)c1ccc(N2CCC(OCc3c(-c4c(Cl)cccc4Cl)noc3C3CC3)CC2)cn1. The van der Waals surface area contributed by atoms with Gasteiger partial charge in [-0.25, -0.2) is 4.99 Å². The summed E-state index contributed by atoms with van der Waals surface area (Å²) in [5, 5.41) is 14.3. The molecule has 1 saturated carbocycles. The van der Waals surface area contributed by atoms with Gasteiger partial charge in [-0.2, -0.15) is 0 Å². The van der Waals surface area contributed by atoms with E-state index >= 15 is 0 Å². The van der Waals surface area contributed by atoms with Crippen LogP contribution in [0.5, 0.6) is 0 Å². The van der Waals surface area contributed by atoms with E-state index in [9.17, 15) is 0 Å². The van der Waals surface area contributed by atoms with Gasteiger partial charge >= 0.3 is 0 Å². The van der Waals surface area contributed by atoms with E-state index in [1.807, 2.05) is 30.3 Å². The van der Waals surface area contributed by atoms with Crippen molar-refractivity contribution >= 4 is 34.7 Å². The molecule has 2 aromatic heterocycles. The zero-order chi connectivity index (χ0) is 24.4. The number of ether oxygens (including phenoxy) is 1. The van der Waals surface area contributed by atoms with Gasteiger partial charge < -0.3 is 25.0 Å². The first-order chi connectivity index (χ1) is 17.0. The molecule has 3 N–H and O–H groups in total.